The van der Waals surface area contributed by atoms with Crippen LogP contribution in [-0.4, -0.2) is 18.2 Å². The number of esters is 1. The predicted molar refractivity (Wildman–Crippen MR) is 62.7 cm³/mol. The molecule has 1 aromatic carbocycles. The van der Waals surface area contributed by atoms with E-state index in [1.54, 1.807) is 13.8 Å². The highest BCUT2D eigenvalue weighted by molar-refractivity contribution is 5.92. The minimum atomic E-state index is -0.504. The number of carbonyl (C=O) groups excluding carboxylic acids is 1. The van der Waals surface area contributed by atoms with Crippen LogP contribution in [0.2, 0.25) is 0 Å². The smallest absolute Gasteiger partial charge is 0.342 e. The monoisotopic (exact) mass is 240 g/mol. The van der Waals surface area contributed by atoms with Gasteiger partial charge >= 0.3 is 5.97 Å². The topological polar surface area (TPSA) is 35.5 Å². The highest BCUT2D eigenvalue weighted by Gasteiger charge is 2.17. The third-order valence-electron chi connectivity index (χ3n) is 1.87. The van der Waals surface area contributed by atoms with E-state index >= 15 is 0 Å². The molecule has 0 saturated carbocycles. The van der Waals surface area contributed by atoms with E-state index in [1.807, 2.05) is 13.8 Å². The van der Waals surface area contributed by atoms with Crippen molar-refractivity contribution in [3.05, 3.63) is 29.6 Å². The largest absolute Gasteiger partial charge is 0.490 e. The van der Waals surface area contributed by atoms with Gasteiger partial charge in [0.2, 0.25) is 0 Å². The summed E-state index contributed by atoms with van der Waals surface area (Å²) in [5, 5.41) is 0. The Hall–Kier alpha value is -1.58. The van der Waals surface area contributed by atoms with Gasteiger partial charge in [-0.1, -0.05) is 0 Å². The molecule has 0 heterocycles. The van der Waals surface area contributed by atoms with Gasteiger partial charge in [0.15, 0.2) is 0 Å². The zero-order valence-corrected chi connectivity index (χ0v) is 10.5. The Morgan fingerprint density at radius 3 is 2.35 bits per heavy atom. The van der Waals surface area contributed by atoms with Crippen molar-refractivity contribution in [3.63, 3.8) is 0 Å². The number of carbonyl (C=O) groups is 1. The average molecular weight is 240 g/mol. The molecule has 1 rings (SSSR count). The summed E-state index contributed by atoms with van der Waals surface area (Å²) in [5.74, 6) is -0.733. The van der Waals surface area contributed by atoms with Crippen molar-refractivity contribution in [3.8, 4) is 5.75 Å². The van der Waals surface area contributed by atoms with Crippen molar-refractivity contribution in [2.45, 2.75) is 39.9 Å². The van der Waals surface area contributed by atoms with Gasteiger partial charge < -0.3 is 9.47 Å². The standard InChI is InChI=1S/C13H17FO3/c1-8(2)16-12-7-10(14)5-6-11(12)13(15)17-9(3)4/h5-9H,1-4H3. The van der Waals surface area contributed by atoms with Gasteiger partial charge in [-0.05, 0) is 39.8 Å². The minimum absolute atomic E-state index is 0.137. The fourth-order valence-corrected chi connectivity index (χ4v) is 1.29. The molecule has 0 saturated heterocycles. The number of ether oxygens (including phenoxy) is 2. The van der Waals surface area contributed by atoms with Crippen LogP contribution in [0.15, 0.2) is 18.2 Å². The molecule has 3 nitrogen and oxygen atoms in total. The lowest BCUT2D eigenvalue weighted by Crippen LogP contribution is -2.15. The molecule has 0 fully saturated rings. The van der Waals surface area contributed by atoms with Crippen molar-refractivity contribution in [1.82, 2.24) is 0 Å². The van der Waals surface area contributed by atoms with Crippen LogP contribution >= 0.6 is 0 Å². The fourth-order valence-electron chi connectivity index (χ4n) is 1.29. The molecule has 0 unspecified atom stereocenters. The summed E-state index contributed by atoms with van der Waals surface area (Å²) in [6.07, 6.45) is -0.359. The van der Waals surface area contributed by atoms with Crippen LogP contribution in [0.4, 0.5) is 4.39 Å². The second-order valence-corrected chi connectivity index (χ2v) is 4.26. The molecule has 0 spiro atoms. The quantitative estimate of drug-likeness (QED) is 0.758. The van der Waals surface area contributed by atoms with E-state index in [1.165, 1.54) is 18.2 Å². The van der Waals surface area contributed by atoms with Gasteiger partial charge in [-0.3, -0.25) is 0 Å². The van der Waals surface area contributed by atoms with E-state index in [2.05, 4.69) is 0 Å². The third-order valence-corrected chi connectivity index (χ3v) is 1.87. The van der Waals surface area contributed by atoms with Crippen LogP contribution in [0.1, 0.15) is 38.1 Å². The lowest BCUT2D eigenvalue weighted by Gasteiger charge is -2.14. The Morgan fingerprint density at radius 1 is 1.18 bits per heavy atom. The second kappa shape index (κ2) is 5.66. The number of rotatable bonds is 4. The molecule has 0 aliphatic rings. The first-order valence-electron chi connectivity index (χ1n) is 5.57. The van der Waals surface area contributed by atoms with E-state index in [0.717, 1.165) is 0 Å². The molecule has 4 heteroatoms. The van der Waals surface area contributed by atoms with Gasteiger partial charge in [0.05, 0.1) is 12.2 Å². The molecule has 0 bridgehead atoms. The molecule has 0 amide bonds. The first-order chi connectivity index (χ1) is 7.90. The number of halogens is 1. The minimum Gasteiger partial charge on any atom is -0.490 e. The Balaban J connectivity index is 3.01. The first-order valence-corrected chi connectivity index (χ1v) is 5.57. The van der Waals surface area contributed by atoms with Crippen molar-refractivity contribution >= 4 is 5.97 Å². The molecule has 0 aliphatic heterocycles. The molecule has 17 heavy (non-hydrogen) atoms. The van der Waals surface area contributed by atoms with Gasteiger partial charge in [0, 0.05) is 6.07 Å². The molecular formula is C13H17FO3. The summed E-state index contributed by atoms with van der Waals surface area (Å²) in [6.45, 7) is 7.12. The Kier molecular flexibility index (Phi) is 4.49. The van der Waals surface area contributed by atoms with E-state index in [-0.39, 0.29) is 23.5 Å². The zero-order valence-electron chi connectivity index (χ0n) is 10.5. The summed E-state index contributed by atoms with van der Waals surface area (Å²) >= 11 is 0. The van der Waals surface area contributed by atoms with Crippen LogP contribution < -0.4 is 4.74 Å². The summed E-state index contributed by atoms with van der Waals surface area (Å²) < 4.78 is 23.5. The number of hydrogen-bond donors (Lipinski definition) is 0. The van der Waals surface area contributed by atoms with Crippen LogP contribution in [0.5, 0.6) is 5.75 Å². The lowest BCUT2D eigenvalue weighted by atomic mass is 10.2. The molecule has 0 atom stereocenters. The summed E-state index contributed by atoms with van der Waals surface area (Å²) in [7, 11) is 0. The second-order valence-electron chi connectivity index (χ2n) is 4.26. The Labute approximate surface area is 101 Å². The molecule has 0 aliphatic carbocycles. The van der Waals surface area contributed by atoms with Gasteiger partial charge in [-0.25, -0.2) is 9.18 Å². The van der Waals surface area contributed by atoms with E-state index < -0.39 is 11.8 Å². The third kappa shape index (κ3) is 4.06. The summed E-state index contributed by atoms with van der Waals surface area (Å²) in [5.41, 5.74) is 0.244. The molecule has 0 aromatic heterocycles. The molecule has 94 valence electrons. The predicted octanol–water partition coefficient (Wildman–Crippen LogP) is 3.18. The van der Waals surface area contributed by atoms with E-state index in [9.17, 15) is 9.18 Å². The lowest BCUT2D eigenvalue weighted by molar-refractivity contribution is 0.0372. The van der Waals surface area contributed by atoms with Gasteiger partial charge in [0.25, 0.3) is 0 Å². The maximum atomic E-state index is 13.1. The van der Waals surface area contributed by atoms with Gasteiger partial charge in [0.1, 0.15) is 17.1 Å². The molecule has 0 N–H and O–H groups in total. The molecular weight excluding hydrogens is 223 g/mol. The van der Waals surface area contributed by atoms with Crippen molar-refractivity contribution in [2.24, 2.45) is 0 Å². The van der Waals surface area contributed by atoms with E-state index in [0.29, 0.717) is 0 Å². The Bertz CT molecular complexity index is 400. The van der Waals surface area contributed by atoms with Crippen molar-refractivity contribution in [1.29, 1.82) is 0 Å². The van der Waals surface area contributed by atoms with Crippen molar-refractivity contribution < 1.29 is 18.7 Å². The van der Waals surface area contributed by atoms with Crippen molar-refractivity contribution in [2.75, 3.05) is 0 Å². The maximum Gasteiger partial charge on any atom is 0.342 e. The fraction of sp³-hybridized carbons (Fsp3) is 0.462. The molecule has 0 radical (unpaired) electrons. The summed E-state index contributed by atoms with van der Waals surface area (Å²) in [4.78, 5) is 11.7. The maximum absolute atomic E-state index is 13.1. The van der Waals surface area contributed by atoms with Crippen LogP contribution in [0.3, 0.4) is 0 Å². The number of benzene rings is 1. The average Bonchev–Trinajstić information content (AvgIpc) is 2.15. The molecule has 1 aromatic rings. The van der Waals surface area contributed by atoms with Gasteiger partial charge in [-0.2, -0.15) is 0 Å². The van der Waals surface area contributed by atoms with Gasteiger partial charge in [-0.15, -0.1) is 0 Å². The van der Waals surface area contributed by atoms with Crippen LogP contribution in [0.25, 0.3) is 0 Å². The first kappa shape index (κ1) is 13.5. The van der Waals surface area contributed by atoms with Crippen LogP contribution in [-0.2, 0) is 4.74 Å². The normalized spacial score (nSPS) is 10.8. The SMILES string of the molecule is CC(C)OC(=O)c1ccc(F)cc1OC(C)C. The van der Waals surface area contributed by atoms with Crippen LogP contribution in [0, 0.1) is 5.82 Å². The Morgan fingerprint density at radius 2 is 1.82 bits per heavy atom. The zero-order chi connectivity index (χ0) is 13.0. The number of hydrogen-bond acceptors (Lipinski definition) is 3. The highest BCUT2D eigenvalue weighted by atomic mass is 19.1. The highest BCUT2D eigenvalue weighted by Crippen LogP contribution is 2.22. The summed E-state index contributed by atoms with van der Waals surface area (Å²) in [6, 6.07) is 3.78. The van der Waals surface area contributed by atoms with E-state index in [4.69, 9.17) is 9.47 Å².